The standard InChI is InChI=1S/C13H17ClN2O/c14-6-5-11-3-2-8-16(10-11)13(17)12-4-1-7-15-9-12/h1,4,7,9,11H,2-3,5-6,8,10H2. The van der Waals surface area contributed by atoms with Crippen molar-refractivity contribution in [3.05, 3.63) is 30.1 Å². The number of carbonyl (C=O) groups excluding carboxylic acids is 1. The summed E-state index contributed by atoms with van der Waals surface area (Å²) in [6.45, 7) is 1.69. The maximum Gasteiger partial charge on any atom is 0.255 e. The lowest BCUT2D eigenvalue weighted by Gasteiger charge is -2.32. The molecule has 1 aromatic rings. The Kier molecular flexibility index (Phi) is 4.37. The number of likely N-dealkylation sites (tertiary alicyclic amines) is 1. The normalized spacial score (nSPS) is 20.3. The van der Waals surface area contributed by atoms with Crippen molar-refractivity contribution >= 4 is 17.5 Å². The van der Waals surface area contributed by atoms with E-state index in [0.717, 1.165) is 25.9 Å². The predicted molar refractivity (Wildman–Crippen MR) is 68.2 cm³/mol. The van der Waals surface area contributed by atoms with Crippen LogP contribution in [0.15, 0.2) is 24.5 Å². The molecule has 1 saturated heterocycles. The molecule has 0 aromatic carbocycles. The van der Waals surface area contributed by atoms with Gasteiger partial charge in [-0.25, -0.2) is 0 Å². The lowest BCUT2D eigenvalue weighted by atomic mass is 9.95. The van der Waals surface area contributed by atoms with E-state index in [2.05, 4.69) is 4.98 Å². The molecule has 1 amide bonds. The Labute approximate surface area is 107 Å². The molecule has 4 heteroatoms. The fourth-order valence-electron chi connectivity index (χ4n) is 2.31. The van der Waals surface area contributed by atoms with Gasteiger partial charge in [0.1, 0.15) is 0 Å². The number of nitrogens with zero attached hydrogens (tertiary/aromatic N) is 2. The second kappa shape index (κ2) is 6.01. The van der Waals surface area contributed by atoms with Gasteiger partial charge in [0.25, 0.3) is 5.91 Å². The van der Waals surface area contributed by atoms with E-state index in [0.29, 0.717) is 17.4 Å². The number of piperidine rings is 1. The monoisotopic (exact) mass is 252 g/mol. The Morgan fingerprint density at radius 3 is 3.18 bits per heavy atom. The number of rotatable bonds is 3. The van der Waals surface area contributed by atoms with Gasteiger partial charge < -0.3 is 4.90 Å². The van der Waals surface area contributed by atoms with Gasteiger partial charge in [0.15, 0.2) is 0 Å². The second-order valence-corrected chi connectivity index (χ2v) is 4.86. The SMILES string of the molecule is O=C(c1cccnc1)N1CCCC(CCCl)C1. The van der Waals surface area contributed by atoms with Crippen LogP contribution in [0.3, 0.4) is 0 Å². The van der Waals surface area contributed by atoms with Gasteiger partial charge in [0.2, 0.25) is 0 Å². The quantitative estimate of drug-likeness (QED) is 0.775. The van der Waals surface area contributed by atoms with E-state index in [9.17, 15) is 4.79 Å². The van der Waals surface area contributed by atoms with Gasteiger partial charge in [-0.05, 0) is 37.3 Å². The van der Waals surface area contributed by atoms with Crippen LogP contribution < -0.4 is 0 Å². The molecule has 1 atom stereocenters. The Hall–Kier alpha value is -1.09. The third kappa shape index (κ3) is 3.19. The zero-order valence-corrected chi connectivity index (χ0v) is 10.6. The molecule has 1 aliphatic rings. The van der Waals surface area contributed by atoms with Crippen molar-refractivity contribution in [1.82, 2.24) is 9.88 Å². The third-order valence-electron chi connectivity index (χ3n) is 3.23. The van der Waals surface area contributed by atoms with Crippen molar-refractivity contribution in [1.29, 1.82) is 0 Å². The number of hydrogen-bond donors (Lipinski definition) is 0. The summed E-state index contributed by atoms with van der Waals surface area (Å²) in [7, 11) is 0. The first-order valence-electron chi connectivity index (χ1n) is 6.06. The molecular weight excluding hydrogens is 236 g/mol. The highest BCUT2D eigenvalue weighted by Gasteiger charge is 2.23. The molecule has 92 valence electrons. The van der Waals surface area contributed by atoms with Crippen LogP contribution in [0.25, 0.3) is 0 Å². The van der Waals surface area contributed by atoms with Gasteiger partial charge >= 0.3 is 0 Å². The molecule has 0 bridgehead atoms. The topological polar surface area (TPSA) is 33.2 Å². The van der Waals surface area contributed by atoms with Crippen LogP contribution in [0.1, 0.15) is 29.6 Å². The van der Waals surface area contributed by atoms with Crippen molar-refractivity contribution in [3.8, 4) is 0 Å². The second-order valence-electron chi connectivity index (χ2n) is 4.48. The van der Waals surface area contributed by atoms with Crippen molar-refractivity contribution in [2.24, 2.45) is 5.92 Å². The summed E-state index contributed by atoms with van der Waals surface area (Å²) in [6, 6.07) is 3.62. The summed E-state index contributed by atoms with van der Waals surface area (Å²) in [4.78, 5) is 18.1. The molecule has 0 spiro atoms. The van der Waals surface area contributed by atoms with E-state index in [1.165, 1.54) is 6.42 Å². The van der Waals surface area contributed by atoms with Gasteiger partial charge in [0, 0.05) is 31.4 Å². The summed E-state index contributed by atoms with van der Waals surface area (Å²) < 4.78 is 0. The first-order valence-corrected chi connectivity index (χ1v) is 6.60. The predicted octanol–water partition coefficient (Wildman–Crippen LogP) is 2.56. The highest BCUT2D eigenvalue weighted by Crippen LogP contribution is 2.21. The number of carbonyl (C=O) groups is 1. The summed E-state index contributed by atoms with van der Waals surface area (Å²) in [5.41, 5.74) is 0.680. The summed E-state index contributed by atoms with van der Waals surface area (Å²) in [5.74, 6) is 1.33. The van der Waals surface area contributed by atoms with E-state index in [1.807, 2.05) is 11.0 Å². The molecule has 17 heavy (non-hydrogen) atoms. The minimum atomic E-state index is 0.0948. The highest BCUT2D eigenvalue weighted by atomic mass is 35.5. The number of alkyl halides is 1. The Morgan fingerprint density at radius 1 is 1.59 bits per heavy atom. The molecule has 0 aliphatic carbocycles. The van der Waals surface area contributed by atoms with E-state index in [1.54, 1.807) is 18.5 Å². The molecular formula is C13H17ClN2O. The Bertz CT molecular complexity index is 367. The van der Waals surface area contributed by atoms with Gasteiger partial charge in [-0.3, -0.25) is 9.78 Å². The lowest BCUT2D eigenvalue weighted by Crippen LogP contribution is -2.40. The Morgan fingerprint density at radius 2 is 2.47 bits per heavy atom. The van der Waals surface area contributed by atoms with Crippen molar-refractivity contribution in [3.63, 3.8) is 0 Å². The molecule has 1 unspecified atom stereocenters. The molecule has 3 nitrogen and oxygen atoms in total. The van der Waals surface area contributed by atoms with E-state index < -0.39 is 0 Å². The molecule has 0 radical (unpaired) electrons. The molecule has 2 heterocycles. The smallest absolute Gasteiger partial charge is 0.255 e. The zero-order valence-electron chi connectivity index (χ0n) is 9.81. The maximum atomic E-state index is 12.2. The minimum absolute atomic E-state index is 0.0948. The van der Waals surface area contributed by atoms with Crippen LogP contribution in [-0.2, 0) is 0 Å². The molecule has 0 N–H and O–H groups in total. The summed E-state index contributed by atoms with van der Waals surface area (Å²) in [6.07, 6.45) is 6.58. The number of aromatic nitrogens is 1. The van der Waals surface area contributed by atoms with Crippen LogP contribution in [0, 0.1) is 5.92 Å². The van der Waals surface area contributed by atoms with E-state index in [4.69, 9.17) is 11.6 Å². The lowest BCUT2D eigenvalue weighted by molar-refractivity contribution is 0.0671. The highest BCUT2D eigenvalue weighted by molar-refractivity contribution is 6.17. The fraction of sp³-hybridized carbons (Fsp3) is 0.538. The van der Waals surface area contributed by atoms with Crippen molar-refractivity contribution < 1.29 is 4.79 Å². The molecule has 1 aliphatic heterocycles. The fourth-order valence-corrected chi connectivity index (χ4v) is 2.62. The first-order chi connectivity index (χ1) is 8.31. The average Bonchev–Trinajstić information content (AvgIpc) is 2.40. The van der Waals surface area contributed by atoms with Gasteiger partial charge in [-0.1, -0.05) is 0 Å². The Balaban J connectivity index is 2.00. The average molecular weight is 253 g/mol. The van der Waals surface area contributed by atoms with Crippen LogP contribution in [0.5, 0.6) is 0 Å². The summed E-state index contributed by atoms with van der Waals surface area (Å²) in [5, 5.41) is 0. The summed E-state index contributed by atoms with van der Waals surface area (Å²) >= 11 is 5.77. The number of amides is 1. The van der Waals surface area contributed by atoms with Gasteiger partial charge in [-0.15, -0.1) is 11.6 Å². The van der Waals surface area contributed by atoms with E-state index in [-0.39, 0.29) is 5.91 Å². The van der Waals surface area contributed by atoms with Crippen LogP contribution in [-0.4, -0.2) is 34.8 Å². The number of pyridine rings is 1. The van der Waals surface area contributed by atoms with Gasteiger partial charge in [0.05, 0.1) is 5.56 Å². The molecule has 1 aromatic heterocycles. The largest absolute Gasteiger partial charge is 0.338 e. The van der Waals surface area contributed by atoms with Crippen LogP contribution in [0.2, 0.25) is 0 Å². The van der Waals surface area contributed by atoms with E-state index >= 15 is 0 Å². The van der Waals surface area contributed by atoms with Crippen molar-refractivity contribution in [2.75, 3.05) is 19.0 Å². The third-order valence-corrected chi connectivity index (χ3v) is 3.45. The first kappa shape index (κ1) is 12.4. The number of halogens is 1. The molecule has 0 saturated carbocycles. The van der Waals surface area contributed by atoms with Crippen molar-refractivity contribution in [2.45, 2.75) is 19.3 Å². The molecule has 1 fully saturated rings. The van der Waals surface area contributed by atoms with Crippen LogP contribution in [0.4, 0.5) is 0 Å². The zero-order chi connectivity index (χ0) is 12.1. The molecule has 2 rings (SSSR count). The van der Waals surface area contributed by atoms with Gasteiger partial charge in [-0.2, -0.15) is 0 Å². The minimum Gasteiger partial charge on any atom is -0.338 e. The maximum absolute atomic E-state index is 12.2. The number of hydrogen-bond acceptors (Lipinski definition) is 2. The van der Waals surface area contributed by atoms with Crippen LogP contribution >= 0.6 is 11.6 Å².